The van der Waals surface area contributed by atoms with Crippen LogP contribution in [0.5, 0.6) is 0 Å². The van der Waals surface area contributed by atoms with E-state index in [1.165, 1.54) is 18.2 Å². The fourth-order valence-corrected chi connectivity index (χ4v) is 2.73. The Kier molecular flexibility index (Phi) is 3.82. The van der Waals surface area contributed by atoms with Gasteiger partial charge in [-0.05, 0) is 36.4 Å². The van der Waals surface area contributed by atoms with Crippen molar-refractivity contribution >= 4 is 33.0 Å². The van der Waals surface area contributed by atoms with Gasteiger partial charge in [0.15, 0.2) is 11.6 Å². The highest BCUT2D eigenvalue weighted by molar-refractivity contribution is 7.92. The molecule has 0 saturated carbocycles. The number of benzene rings is 2. The maximum absolute atomic E-state index is 13.1. The van der Waals surface area contributed by atoms with Gasteiger partial charge in [0.05, 0.1) is 16.3 Å². The highest BCUT2D eigenvalue weighted by atomic mass is 35.5. The molecule has 0 unspecified atom stereocenters. The van der Waals surface area contributed by atoms with E-state index < -0.39 is 26.6 Å². The largest absolute Gasteiger partial charge is 0.397 e. The topological polar surface area (TPSA) is 72.2 Å². The van der Waals surface area contributed by atoms with Gasteiger partial charge < -0.3 is 5.73 Å². The van der Waals surface area contributed by atoms with Crippen molar-refractivity contribution in [3.8, 4) is 0 Å². The van der Waals surface area contributed by atoms with Crippen molar-refractivity contribution in [1.82, 2.24) is 0 Å². The molecule has 0 spiro atoms. The van der Waals surface area contributed by atoms with Gasteiger partial charge in [0, 0.05) is 5.02 Å². The molecule has 0 fully saturated rings. The summed E-state index contributed by atoms with van der Waals surface area (Å²) in [5.41, 5.74) is 5.82. The quantitative estimate of drug-likeness (QED) is 0.854. The molecule has 2 aromatic carbocycles. The summed E-state index contributed by atoms with van der Waals surface area (Å²) in [6.07, 6.45) is 0. The molecule has 0 bridgehead atoms. The molecule has 0 amide bonds. The Morgan fingerprint density at radius 3 is 2.40 bits per heavy atom. The molecule has 20 heavy (non-hydrogen) atoms. The van der Waals surface area contributed by atoms with Crippen LogP contribution in [-0.2, 0) is 10.0 Å². The van der Waals surface area contributed by atoms with Crippen LogP contribution in [0.15, 0.2) is 41.3 Å². The lowest BCUT2D eigenvalue weighted by atomic mass is 10.3. The van der Waals surface area contributed by atoms with E-state index in [1.807, 2.05) is 0 Å². The van der Waals surface area contributed by atoms with Crippen molar-refractivity contribution < 1.29 is 17.2 Å². The predicted octanol–water partition coefficient (Wildman–Crippen LogP) is 3.00. The summed E-state index contributed by atoms with van der Waals surface area (Å²) < 4.78 is 52.1. The van der Waals surface area contributed by atoms with Crippen molar-refractivity contribution in [2.45, 2.75) is 4.90 Å². The van der Waals surface area contributed by atoms with Gasteiger partial charge in [0.25, 0.3) is 10.0 Å². The lowest BCUT2D eigenvalue weighted by molar-refractivity contribution is 0.504. The standard InChI is InChI=1S/C12H9ClF2N2O2S/c13-7-1-4-11(16)12(5-7)17-20(18,19)8-2-3-9(14)10(15)6-8/h1-6,17H,16H2. The van der Waals surface area contributed by atoms with Crippen LogP contribution in [-0.4, -0.2) is 8.42 Å². The highest BCUT2D eigenvalue weighted by Gasteiger charge is 2.17. The third-order valence-electron chi connectivity index (χ3n) is 2.46. The Morgan fingerprint density at radius 1 is 1.05 bits per heavy atom. The maximum atomic E-state index is 13.1. The molecule has 3 N–H and O–H groups in total. The van der Waals surface area contributed by atoms with E-state index >= 15 is 0 Å². The Hall–Kier alpha value is -1.86. The van der Waals surface area contributed by atoms with E-state index in [-0.39, 0.29) is 16.4 Å². The fourth-order valence-electron chi connectivity index (χ4n) is 1.46. The zero-order valence-corrected chi connectivity index (χ0v) is 11.5. The number of nitrogen functional groups attached to an aromatic ring is 1. The van der Waals surface area contributed by atoms with E-state index in [2.05, 4.69) is 4.72 Å². The van der Waals surface area contributed by atoms with Gasteiger partial charge in [0.1, 0.15) is 0 Å². The maximum Gasteiger partial charge on any atom is 0.262 e. The molecule has 2 rings (SSSR count). The third-order valence-corrected chi connectivity index (χ3v) is 4.06. The average molecular weight is 319 g/mol. The second kappa shape index (κ2) is 5.26. The Labute approximate surface area is 119 Å². The Balaban J connectivity index is 2.40. The van der Waals surface area contributed by atoms with Crippen molar-refractivity contribution in [1.29, 1.82) is 0 Å². The molecule has 0 aliphatic carbocycles. The Bertz CT molecular complexity index is 766. The summed E-state index contributed by atoms with van der Waals surface area (Å²) in [6.45, 7) is 0. The minimum absolute atomic E-state index is 0.0576. The number of anilines is 2. The van der Waals surface area contributed by atoms with Crippen LogP contribution in [0.1, 0.15) is 0 Å². The first-order valence-corrected chi connectivity index (χ1v) is 7.18. The molecular weight excluding hydrogens is 310 g/mol. The zero-order valence-electron chi connectivity index (χ0n) is 9.90. The van der Waals surface area contributed by atoms with E-state index in [0.717, 1.165) is 12.1 Å². The van der Waals surface area contributed by atoms with Crippen LogP contribution >= 0.6 is 11.6 Å². The van der Waals surface area contributed by atoms with Gasteiger partial charge in [-0.2, -0.15) is 0 Å². The average Bonchev–Trinajstić information content (AvgIpc) is 2.36. The number of halogens is 3. The molecule has 4 nitrogen and oxygen atoms in total. The lowest BCUT2D eigenvalue weighted by Gasteiger charge is -2.10. The van der Waals surface area contributed by atoms with Crippen LogP contribution < -0.4 is 10.5 Å². The molecule has 8 heteroatoms. The summed E-state index contributed by atoms with van der Waals surface area (Å²) >= 11 is 5.74. The van der Waals surface area contributed by atoms with Crippen molar-refractivity contribution in [2.24, 2.45) is 0 Å². The summed E-state index contributed by atoms with van der Waals surface area (Å²) in [7, 11) is -4.09. The molecule has 0 saturated heterocycles. The van der Waals surface area contributed by atoms with Crippen LogP contribution in [0, 0.1) is 11.6 Å². The first kappa shape index (κ1) is 14.5. The van der Waals surface area contributed by atoms with E-state index in [9.17, 15) is 17.2 Å². The minimum Gasteiger partial charge on any atom is -0.397 e. The monoisotopic (exact) mass is 318 g/mol. The second-order valence-corrected chi connectivity index (χ2v) is 6.03. The Morgan fingerprint density at radius 2 is 1.75 bits per heavy atom. The van der Waals surface area contributed by atoms with Crippen LogP contribution in [0.4, 0.5) is 20.2 Å². The van der Waals surface area contributed by atoms with E-state index in [4.69, 9.17) is 17.3 Å². The van der Waals surface area contributed by atoms with E-state index in [0.29, 0.717) is 6.07 Å². The number of hydrogen-bond donors (Lipinski definition) is 2. The SMILES string of the molecule is Nc1ccc(Cl)cc1NS(=O)(=O)c1ccc(F)c(F)c1. The van der Waals surface area contributed by atoms with Crippen molar-refractivity contribution in [3.05, 3.63) is 53.1 Å². The molecule has 0 atom stereocenters. The van der Waals surface area contributed by atoms with Crippen molar-refractivity contribution in [2.75, 3.05) is 10.5 Å². The highest BCUT2D eigenvalue weighted by Crippen LogP contribution is 2.26. The van der Waals surface area contributed by atoms with E-state index in [1.54, 1.807) is 0 Å². The molecule has 0 radical (unpaired) electrons. The molecule has 2 aromatic rings. The van der Waals surface area contributed by atoms with Gasteiger partial charge in [-0.15, -0.1) is 0 Å². The molecule has 0 aliphatic rings. The zero-order chi connectivity index (χ0) is 14.9. The summed E-state index contributed by atoms with van der Waals surface area (Å²) in [5.74, 6) is -2.39. The minimum atomic E-state index is -4.09. The molecule has 106 valence electrons. The van der Waals surface area contributed by atoms with Gasteiger partial charge in [-0.25, -0.2) is 17.2 Å². The molecule has 0 aliphatic heterocycles. The number of sulfonamides is 1. The van der Waals surface area contributed by atoms with Gasteiger partial charge in [-0.1, -0.05) is 11.6 Å². The number of hydrogen-bond acceptors (Lipinski definition) is 3. The first-order valence-electron chi connectivity index (χ1n) is 5.32. The third kappa shape index (κ3) is 3.00. The summed E-state index contributed by atoms with van der Waals surface area (Å²) in [5, 5.41) is 0.280. The molecule has 0 aromatic heterocycles. The lowest BCUT2D eigenvalue weighted by Crippen LogP contribution is -2.14. The number of nitrogens with two attached hydrogens (primary N) is 1. The van der Waals surface area contributed by atoms with Crippen LogP contribution in [0.25, 0.3) is 0 Å². The molecular formula is C12H9ClF2N2O2S. The predicted molar refractivity (Wildman–Crippen MR) is 73.0 cm³/mol. The van der Waals surface area contributed by atoms with Gasteiger partial charge >= 0.3 is 0 Å². The smallest absolute Gasteiger partial charge is 0.262 e. The number of rotatable bonds is 3. The van der Waals surface area contributed by atoms with Gasteiger partial charge in [0.2, 0.25) is 0 Å². The normalized spacial score (nSPS) is 11.3. The van der Waals surface area contributed by atoms with Crippen LogP contribution in [0.2, 0.25) is 5.02 Å². The first-order chi connectivity index (χ1) is 9.29. The second-order valence-electron chi connectivity index (χ2n) is 3.91. The molecule has 0 heterocycles. The summed E-state index contributed by atoms with van der Waals surface area (Å²) in [6, 6.07) is 6.48. The van der Waals surface area contributed by atoms with Gasteiger partial charge in [-0.3, -0.25) is 4.72 Å². The summed E-state index contributed by atoms with van der Waals surface area (Å²) in [4.78, 5) is -0.421. The van der Waals surface area contributed by atoms with Crippen LogP contribution in [0.3, 0.4) is 0 Å². The number of nitrogens with one attached hydrogen (secondary N) is 1. The fraction of sp³-hybridized carbons (Fsp3) is 0. The van der Waals surface area contributed by atoms with Crippen molar-refractivity contribution in [3.63, 3.8) is 0 Å².